The Labute approximate surface area is 316 Å². The smallest absolute Gasteiger partial charge is 0.504 e. The molecule has 5 nitrogen and oxygen atoms in total. The maximum absolute atomic E-state index is 6.24. The largest absolute Gasteiger partial charge is 3.00 e. The van der Waals surface area contributed by atoms with Gasteiger partial charge in [-0.2, -0.15) is 0 Å². The minimum atomic E-state index is -0.132. The predicted molar refractivity (Wildman–Crippen MR) is 210 cm³/mol. The fourth-order valence-corrected chi connectivity index (χ4v) is 7.77. The zero-order valence-corrected chi connectivity index (χ0v) is 33.0. The van der Waals surface area contributed by atoms with Crippen molar-refractivity contribution in [3.05, 3.63) is 152 Å². The topological polar surface area (TPSA) is 37.4 Å². The van der Waals surface area contributed by atoms with Crippen LogP contribution in [0.25, 0.3) is 39.0 Å². The van der Waals surface area contributed by atoms with Gasteiger partial charge >= 0.3 is 20.1 Å². The second-order valence-corrected chi connectivity index (χ2v) is 14.3. The molecule has 0 radical (unpaired) electrons. The summed E-state index contributed by atoms with van der Waals surface area (Å²) in [6.07, 6.45) is 3.93. The minimum Gasteiger partial charge on any atom is -0.504 e. The van der Waals surface area contributed by atoms with E-state index < -0.39 is 0 Å². The standard InChI is InChI=1S/C23H19N2O.C21H23N2.CH3.Ir/c1-23(2)14-7-5-11-18-20(14)21-16(9-6-12-19(21)26-18)25-13-24(3)17-10-4-8-15(23)22(17)25;1-15(2)18-11-8-12-19(16(3)4)20(18)23-14-13-22-21(23)17-9-6-5-7-10-17;;/h4-13H,1-3H3;5-9,11-16H,1-4H3;1H3;/q3*-1;+3. The second-order valence-electron chi connectivity index (χ2n) is 14.3. The molecule has 0 amide bonds. The van der Waals surface area contributed by atoms with Crippen molar-refractivity contribution in [2.75, 3.05) is 16.8 Å². The van der Waals surface area contributed by atoms with Crippen molar-refractivity contribution in [2.24, 2.45) is 0 Å². The molecule has 0 N–H and O–H groups in total. The third kappa shape index (κ3) is 5.79. The summed E-state index contributed by atoms with van der Waals surface area (Å²) in [5.41, 5.74) is 13.1. The van der Waals surface area contributed by atoms with Crippen molar-refractivity contribution >= 4 is 39.0 Å². The molecule has 0 aliphatic carbocycles. The van der Waals surface area contributed by atoms with E-state index in [1.165, 1.54) is 55.8 Å². The van der Waals surface area contributed by atoms with Crippen LogP contribution in [0.5, 0.6) is 0 Å². The van der Waals surface area contributed by atoms with Gasteiger partial charge in [0, 0.05) is 51.3 Å². The van der Waals surface area contributed by atoms with Crippen LogP contribution in [-0.4, -0.2) is 16.6 Å². The fraction of sp³-hybridized carbons (Fsp3) is 0.222. The third-order valence-corrected chi connectivity index (χ3v) is 10.2. The van der Waals surface area contributed by atoms with Crippen molar-refractivity contribution in [3.8, 4) is 17.1 Å². The summed E-state index contributed by atoms with van der Waals surface area (Å²) >= 11 is 0. The molecule has 0 unspecified atom stereocenters. The molecule has 0 bridgehead atoms. The van der Waals surface area contributed by atoms with Crippen molar-refractivity contribution in [2.45, 2.75) is 58.8 Å². The van der Waals surface area contributed by atoms with Crippen LogP contribution in [0, 0.1) is 20.2 Å². The Kier molecular flexibility index (Phi) is 9.80. The van der Waals surface area contributed by atoms with Gasteiger partial charge in [0.2, 0.25) is 0 Å². The Morgan fingerprint density at radius 1 is 0.725 bits per heavy atom. The van der Waals surface area contributed by atoms with Gasteiger partial charge in [-0.3, -0.25) is 4.98 Å². The maximum atomic E-state index is 6.24. The molecule has 4 heterocycles. The van der Waals surface area contributed by atoms with Crippen LogP contribution in [0.4, 0.5) is 17.1 Å². The van der Waals surface area contributed by atoms with Gasteiger partial charge in [0.05, 0.1) is 5.82 Å². The van der Waals surface area contributed by atoms with E-state index >= 15 is 0 Å². The van der Waals surface area contributed by atoms with Crippen molar-refractivity contribution in [1.29, 1.82) is 0 Å². The van der Waals surface area contributed by atoms with Crippen LogP contribution in [0.3, 0.4) is 0 Å². The zero-order valence-electron chi connectivity index (χ0n) is 30.7. The molecule has 0 atom stereocenters. The number of furan rings is 1. The molecule has 2 aliphatic heterocycles. The quantitative estimate of drug-likeness (QED) is 0.165. The first-order valence-corrected chi connectivity index (χ1v) is 17.3. The summed E-state index contributed by atoms with van der Waals surface area (Å²) in [4.78, 5) is 9.14. The molecule has 0 fully saturated rings. The minimum absolute atomic E-state index is 0. The maximum Gasteiger partial charge on any atom is 3.00 e. The number of nitrogens with zero attached hydrogens (tertiary/aromatic N) is 4. The van der Waals surface area contributed by atoms with E-state index in [2.05, 4.69) is 166 Å². The molecule has 9 rings (SSSR count). The molecular weight excluding hydrogens is 805 g/mol. The van der Waals surface area contributed by atoms with Gasteiger partial charge in [-0.15, -0.1) is 42.6 Å². The van der Waals surface area contributed by atoms with Gasteiger partial charge in [0.1, 0.15) is 11.2 Å². The molecular formula is C45H45IrN4O. The first kappa shape index (κ1) is 36.2. The Bertz CT molecular complexity index is 2310. The fourth-order valence-electron chi connectivity index (χ4n) is 7.77. The van der Waals surface area contributed by atoms with E-state index in [1.807, 2.05) is 24.4 Å². The average Bonchev–Trinajstić information content (AvgIpc) is 3.83. The molecule has 0 spiro atoms. The Morgan fingerprint density at radius 2 is 1.35 bits per heavy atom. The summed E-state index contributed by atoms with van der Waals surface area (Å²) in [6, 6.07) is 37.4. The van der Waals surface area contributed by atoms with E-state index in [0.717, 1.165) is 22.6 Å². The number of hydrogen-bond donors (Lipinski definition) is 0. The first-order chi connectivity index (χ1) is 23.7. The van der Waals surface area contributed by atoms with Gasteiger partial charge < -0.3 is 26.2 Å². The van der Waals surface area contributed by atoms with Crippen LogP contribution in [-0.2, 0) is 25.5 Å². The van der Waals surface area contributed by atoms with E-state index in [-0.39, 0.29) is 32.9 Å². The summed E-state index contributed by atoms with van der Waals surface area (Å²) in [5, 5.41) is 2.44. The van der Waals surface area contributed by atoms with Gasteiger partial charge in [0.15, 0.2) is 0 Å². The molecule has 0 saturated heterocycles. The zero-order chi connectivity index (χ0) is 34.0. The number of fused-ring (bicyclic) bond motifs is 1. The van der Waals surface area contributed by atoms with Crippen molar-refractivity contribution in [1.82, 2.24) is 9.55 Å². The molecule has 51 heavy (non-hydrogen) atoms. The van der Waals surface area contributed by atoms with Crippen LogP contribution in [0.1, 0.15) is 75.6 Å². The SMILES string of the molecule is CC(C)c1cccc(C(C)C)c1-n1ccnc1-c1[c-]cccc1.CN1[CH-]N2c3c1cccc3C(C)(C)c1cccc3oc4cccc2c4c13.[CH3-].[Ir+3]. The van der Waals surface area contributed by atoms with Gasteiger partial charge in [-0.1, -0.05) is 90.1 Å². The number of imidazole rings is 1. The first-order valence-electron chi connectivity index (χ1n) is 17.3. The van der Waals surface area contributed by atoms with E-state index in [9.17, 15) is 0 Å². The Morgan fingerprint density at radius 3 is 2.04 bits per heavy atom. The molecule has 5 aromatic carbocycles. The molecule has 0 saturated carbocycles. The number of anilines is 3. The third-order valence-electron chi connectivity index (χ3n) is 10.2. The van der Waals surface area contributed by atoms with Crippen molar-refractivity contribution in [3.63, 3.8) is 0 Å². The second kappa shape index (κ2) is 13.8. The number of aromatic nitrogens is 2. The van der Waals surface area contributed by atoms with Gasteiger partial charge in [-0.25, -0.2) is 0 Å². The number of rotatable bonds is 4. The van der Waals surface area contributed by atoms with E-state index in [4.69, 9.17) is 4.42 Å². The van der Waals surface area contributed by atoms with Crippen molar-refractivity contribution < 1.29 is 24.5 Å². The molecule has 260 valence electrons. The summed E-state index contributed by atoms with van der Waals surface area (Å²) in [5.74, 6) is 1.86. The number of para-hydroxylation sites is 2. The summed E-state index contributed by atoms with van der Waals surface area (Å²) in [6.45, 7) is 15.8. The average molecular weight is 850 g/mol. The summed E-state index contributed by atoms with van der Waals surface area (Å²) in [7, 11) is 2.12. The van der Waals surface area contributed by atoms with Crippen LogP contribution in [0.2, 0.25) is 0 Å². The Hall–Kier alpha value is -4.64. The van der Waals surface area contributed by atoms with Crippen LogP contribution < -0.4 is 9.80 Å². The Balaban J connectivity index is 0.000000171. The monoisotopic (exact) mass is 850 g/mol. The van der Waals surface area contributed by atoms with E-state index in [0.29, 0.717) is 11.8 Å². The number of hydrogen-bond acceptors (Lipinski definition) is 4. The molecule has 6 heteroatoms. The van der Waals surface area contributed by atoms with Crippen LogP contribution in [0.15, 0.2) is 114 Å². The molecule has 2 aliphatic rings. The predicted octanol–water partition coefficient (Wildman–Crippen LogP) is 12.0. The van der Waals surface area contributed by atoms with Gasteiger partial charge in [0.25, 0.3) is 0 Å². The molecule has 7 aromatic rings. The van der Waals surface area contributed by atoms with E-state index in [1.54, 1.807) is 0 Å². The molecule has 2 aromatic heterocycles. The summed E-state index contributed by atoms with van der Waals surface area (Å²) < 4.78 is 8.46. The van der Waals surface area contributed by atoms with Gasteiger partial charge in [-0.05, 0) is 65.4 Å². The number of benzene rings is 5. The normalized spacial score (nSPS) is 13.8. The van der Waals surface area contributed by atoms with Crippen LogP contribution >= 0.6 is 0 Å².